The van der Waals surface area contributed by atoms with Gasteiger partial charge in [0.25, 0.3) is 0 Å². The molecule has 0 saturated heterocycles. The van der Waals surface area contributed by atoms with Gasteiger partial charge in [0, 0.05) is 0 Å². The molecule has 0 rings (SSSR count). The van der Waals surface area contributed by atoms with Crippen molar-refractivity contribution in [2.45, 2.75) is 19.6 Å². The molecule has 0 aliphatic carbocycles. The standard InChI is InChI=1S/C7H15O2PSi/c1-11(2,3)10(6-4-8)7-5-9/h4-9H,1-3H3/b6-4+,7-5+. The lowest BCUT2D eigenvalue weighted by molar-refractivity contribution is 0.474. The van der Waals surface area contributed by atoms with Crippen molar-refractivity contribution in [2.24, 2.45) is 0 Å². The molecule has 0 saturated carbocycles. The first-order chi connectivity index (χ1) is 5.02. The quantitative estimate of drug-likeness (QED) is 0.407. The van der Waals surface area contributed by atoms with Crippen LogP contribution in [-0.4, -0.2) is 18.0 Å². The highest BCUT2D eigenvalue weighted by atomic mass is 31.4. The van der Waals surface area contributed by atoms with Gasteiger partial charge in [-0.2, -0.15) is 0 Å². The van der Waals surface area contributed by atoms with Gasteiger partial charge in [0.2, 0.25) is 0 Å². The number of rotatable bonds is 3. The molecule has 0 bridgehead atoms. The molecule has 0 radical (unpaired) electrons. The smallest absolute Gasteiger partial charge is 0.0815 e. The van der Waals surface area contributed by atoms with Crippen molar-refractivity contribution in [2.75, 3.05) is 0 Å². The molecule has 0 aliphatic rings. The average molecular weight is 190 g/mol. The molecule has 0 fully saturated rings. The highest BCUT2D eigenvalue weighted by molar-refractivity contribution is 7.98. The zero-order valence-electron chi connectivity index (χ0n) is 7.15. The van der Waals surface area contributed by atoms with E-state index in [2.05, 4.69) is 19.6 Å². The summed E-state index contributed by atoms with van der Waals surface area (Å²) in [4.78, 5) is 0. The third kappa shape index (κ3) is 4.22. The van der Waals surface area contributed by atoms with Gasteiger partial charge in [0.1, 0.15) is 0 Å². The maximum Gasteiger partial charge on any atom is 0.0815 e. The molecule has 0 heterocycles. The van der Waals surface area contributed by atoms with Gasteiger partial charge < -0.3 is 10.2 Å². The molecule has 0 atom stereocenters. The summed E-state index contributed by atoms with van der Waals surface area (Å²) in [5.41, 5.74) is 0. The number of hydrogen-bond donors (Lipinski definition) is 2. The summed E-state index contributed by atoms with van der Waals surface area (Å²) in [7, 11) is -1.68. The van der Waals surface area contributed by atoms with Crippen LogP contribution in [0.15, 0.2) is 24.2 Å². The van der Waals surface area contributed by atoms with Crippen molar-refractivity contribution < 1.29 is 10.2 Å². The molecule has 0 aromatic carbocycles. The van der Waals surface area contributed by atoms with E-state index in [1.165, 1.54) is 0 Å². The van der Waals surface area contributed by atoms with Gasteiger partial charge in [0.05, 0.1) is 20.3 Å². The Balaban J connectivity index is 4.34. The van der Waals surface area contributed by atoms with E-state index in [9.17, 15) is 0 Å². The summed E-state index contributed by atoms with van der Waals surface area (Å²) in [5, 5.41) is 17.1. The van der Waals surface area contributed by atoms with E-state index in [1.807, 2.05) is 0 Å². The van der Waals surface area contributed by atoms with Crippen molar-refractivity contribution in [1.82, 2.24) is 0 Å². The second kappa shape index (κ2) is 4.57. The molecule has 0 aliphatic heterocycles. The van der Waals surface area contributed by atoms with Gasteiger partial charge >= 0.3 is 0 Å². The lowest BCUT2D eigenvalue weighted by Gasteiger charge is -2.22. The van der Waals surface area contributed by atoms with E-state index in [0.717, 1.165) is 12.5 Å². The molecule has 11 heavy (non-hydrogen) atoms. The van der Waals surface area contributed by atoms with Crippen LogP contribution in [0.3, 0.4) is 0 Å². The van der Waals surface area contributed by atoms with E-state index in [1.54, 1.807) is 11.6 Å². The zero-order chi connectivity index (χ0) is 8.91. The van der Waals surface area contributed by atoms with Crippen molar-refractivity contribution in [3.63, 3.8) is 0 Å². The highest BCUT2D eigenvalue weighted by Crippen LogP contribution is 2.48. The number of aliphatic hydroxyl groups excluding tert-OH is 2. The van der Waals surface area contributed by atoms with Gasteiger partial charge in [-0.25, -0.2) is 0 Å². The number of aliphatic hydroxyl groups is 2. The van der Waals surface area contributed by atoms with E-state index in [0.29, 0.717) is 0 Å². The third-order valence-electron chi connectivity index (χ3n) is 1.23. The van der Waals surface area contributed by atoms with Crippen LogP contribution in [0.4, 0.5) is 0 Å². The van der Waals surface area contributed by atoms with Crippen molar-refractivity contribution in [3.8, 4) is 0 Å². The molecule has 2 N–H and O–H groups in total. The fourth-order valence-electron chi connectivity index (χ4n) is 0.641. The van der Waals surface area contributed by atoms with Crippen LogP contribution in [0.25, 0.3) is 0 Å². The Hall–Kier alpha value is -0.273. The first kappa shape index (κ1) is 10.7. The van der Waals surface area contributed by atoms with E-state index < -0.39 is 15.2 Å². The molecule has 0 aromatic heterocycles. The molecule has 0 amide bonds. The Labute approximate surface area is 69.9 Å². The van der Waals surface area contributed by atoms with Gasteiger partial charge in [-0.15, -0.1) is 0 Å². The molecule has 4 heteroatoms. The van der Waals surface area contributed by atoms with Crippen LogP contribution in [0.5, 0.6) is 0 Å². The summed E-state index contributed by atoms with van der Waals surface area (Å²) in [5.74, 6) is 3.54. The highest BCUT2D eigenvalue weighted by Gasteiger charge is 2.21. The molecule has 0 aromatic rings. The Bertz CT molecular complexity index is 148. The Morgan fingerprint density at radius 1 is 1.00 bits per heavy atom. The van der Waals surface area contributed by atoms with Crippen LogP contribution in [-0.2, 0) is 0 Å². The zero-order valence-corrected chi connectivity index (χ0v) is 9.05. The van der Waals surface area contributed by atoms with E-state index in [4.69, 9.17) is 10.2 Å². The first-order valence-electron chi connectivity index (χ1n) is 3.42. The Morgan fingerprint density at radius 3 is 1.55 bits per heavy atom. The molecule has 2 nitrogen and oxygen atoms in total. The van der Waals surface area contributed by atoms with E-state index >= 15 is 0 Å². The van der Waals surface area contributed by atoms with Crippen LogP contribution >= 0.6 is 7.47 Å². The van der Waals surface area contributed by atoms with Gasteiger partial charge in [-0.05, 0) is 11.6 Å². The summed E-state index contributed by atoms with van der Waals surface area (Å²) >= 11 is 0. The summed E-state index contributed by atoms with van der Waals surface area (Å²) < 4.78 is 0. The van der Waals surface area contributed by atoms with Gasteiger partial charge in [-0.1, -0.05) is 27.1 Å². The first-order valence-corrected chi connectivity index (χ1v) is 9.24. The third-order valence-corrected chi connectivity index (χ3v) is 9.23. The maximum absolute atomic E-state index is 8.57. The van der Waals surface area contributed by atoms with Gasteiger partial charge in [-0.3, -0.25) is 0 Å². The Morgan fingerprint density at radius 2 is 1.36 bits per heavy atom. The lowest BCUT2D eigenvalue weighted by atomic mass is 11.1. The fraction of sp³-hybridized carbons (Fsp3) is 0.429. The predicted octanol–water partition coefficient (Wildman–Crippen LogP) is 3.36. The summed E-state index contributed by atoms with van der Waals surface area (Å²) in [6.07, 6.45) is 2.15. The lowest BCUT2D eigenvalue weighted by Crippen LogP contribution is -2.15. The maximum atomic E-state index is 8.57. The summed E-state index contributed by atoms with van der Waals surface area (Å²) in [6.45, 7) is 6.62. The van der Waals surface area contributed by atoms with Crippen LogP contribution in [0, 0.1) is 0 Å². The summed E-state index contributed by atoms with van der Waals surface area (Å²) in [6, 6.07) is 0. The normalized spacial score (nSPS) is 13.8. The van der Waals surface area contributed by atoms with Crippen molar-refractivity contribution in [3.05, 3.63) is 24.2 Å². The largest absolute Gasteiger partial charge is 0.516 e. The van der Waals surface area contributed by atoms with Gasteiger partial charge in [0.15, 0.2) is 0 Å². The monoisotopic (exact) mass is 190 g/mol. The SMILES string of the molecule is C[Si](C)(C)P(/C=C/O)/C=C/O. The minimum Gasteiger partial charge on any atom is -0.516 e. The minimum atomic E-state index is -1.26. The molecular formula is C7H15O2PSi. The topological polar surface area (TPSA) is 40.5 Å². The van der Waals surface area contributed by atoms with Crippen LogP contribution in [0.1, 0.15) is 0 Å². The molecule has 0 unspecified atom stereocenters. The predicted molar refractivity (Wildman–Crippen MR) is 53.8 cm³/mol. The van der Waals surface area contributed by atoms with E-state index in [-0.39, 0.29) is 0 Å². The van der Waals surface area contributed by atoms with Crippen molar-refractivity contribution in [1.29, 1.82) is 0 Å². The number of hydrogen-bond acceptors (Lipinski definition) is 2. The minimum absolute atomic E-state index is 0.424. The Kier molecular flexibility index (Phi) is 4.46. The second-order valence-electron chi connectivity index (χ2n) is 3.17. The molecule has 64 valence electrons. The second-order valence-corrected chi connectivity index (χ2v) is 14.5. The van der Waals surface area contributed by atoms with Crippen molar-refractivity contribution >= 4 is 15.2 Å². The average Bonchev–Trinajstić information content (AvgIpc) is 1.85. The molecular weight excluding hydrogens is 175 g/mol. The fourth-order valence-corrected chi connectivity index (χ4v) is 5.00. The van der Waals surface area contributed by atoms with Crippen LogP contribution in [0.2, 0.25) is 19.6 Å². The van der Waals surface area contributed by atoms with Crippen LogP contribution < -0.4 is 0 Å². The molecule has 0 spiro atoms.